The Morgan fingerprint density at radius 1 is 1.52 bits per heavy atom. The van der Waals surface area contributed by atoms with Crippen LogP contribution in [0.1, 0.15) is 26.3 Å². The van der Waals surface area contributed by atoms with E-state index in [1.165, 1.54) is 0 Å². The zero-order valence-corrected chi connectivity index (χ0v) is 13.3. The van der Waals surface area contributed by atoms with E-state index < -0.39 is 0 Å². The maximum absolute atomic E-state index is 12.2. The van der Waals surface area contributed by atoms with E-state index in [1.807, 2.05) is 26.0 Å². The number of nitrogens with two attached hydrogens (primary N) is 1. The van der Waals surface area contributed by atoms with Gasteiger partial charge < -0.3 is 15.8 Å². The highest BCUT2D eigenvalue weighted by Gasteiger charge is 2.31. The maximum Gasteiger partial charge on any atom is 0.238 e. The Morgan fingerprint density at radius 2 is 2.24 bits per heavy atom. The minimum absolute atomic E-state index is 0.00669. The van der Waals surface area contributed by atoms with Crippen molar-refractivity contribution in [3.8, 4) is 0 Å². The fourth-order valence-corrected chi connectivity index (χ4v) is 2.93. The predicted octanol–water partition coefficient (Wildman–Crippen LogP) is 2.02. The predicted molar refractivity (Wildman–Crippen MR) is 85.3 cm³/mol. The first-order chi connectivity index (χ1) is 9.75. The highest BCUT2D eigenvalue weighted by Crippen LogP contribution is 2.21. The van der Waals surface area contributed by atoms with E-state index in [0.29, 0.717) is 12.2 Å². The van der Waals surface area contributed by atoms with E-state index in [1.54, 1.807) is 6.07 Å². The number of carbonyl (C=O) groups is 1. The summed E-state index contributed by atoms with van der Waals surface area (Å²) in [4.78, 5) is 14.3. The van der Waals surface area contributed by atoms with Crippen molar-refractivity contribution in [1.82, 2.24) is 4.90 Å². The third-order valence-corrected chi connectivity index (χ3v) is 3.53. The van der Waals surface area contributed by atoms with Gasteiger partial charge in [-0.05, 0) is 51.5 Å². The fourth-order valence-electron chi connectivity index (χ4n) is 2.93. The number of rotatable bonds is 3. The van der Waals surface area contributed by atoms with Gasteiger partial charge in [0.1, 0.15) is 0 Å². The zero-order chi connectivity index (χ0) is 15.6. The Hall–Kier alpha value is -1.59. The average molecular weight is 291 g/mol. The summed E-state index contributed by atoms with van der Waals surface area (Å²) in [5.74, 6) is -0.00669. The van der Waals surface area contributed by atoms with Crippen molar-refractivity contribution in [2.24, 2.45) is 0 Å². The lowest BCUT2D eigenvalue weighted by atomic mass is 10.1. The van der Waals surface area contributed by atoms with Gasteiger partial charge in [-0.25, -0.2) is 0 Å². The van der Waals surface area contributed by atoms with Crippen LogP contribution >= 0.6 is 0 Å². The lowest BCUT2D eigenvalue weighted by Crippen LogP contribution is -2.53. The molecule has 1 aromatic rings. The molecule has 0 aromatic heterocycles. The molecule has 5 heteroatoms. The number of ether oxygens (including phenoxy) is 1. The average Bonchev–Trinajstić information content (AvgIpc) is 2.29. The van der Waals surface area contributed by atoms with Crippen LogP contribution in [0.3, 0.4) is 0 Å². The van der Waals surface area contributed by atoms with E-state index in [4.69, 9.17) is 10.5 Å². The highest BCUT2D eigenvalue weighted by molar-refractivity contribution is 5.93. The van der Waals surface area contributed by atoms with Gasteiger partial charge in [0.05, 0.1) is 18.2 Å². The summed E-state index contributed by atoms with van der Waals surface area (Å²) < 4.78 is 5.85. The summed E-state index contributed by atoms with van der Waals surface area (Å²) in [6.07, 6.45) is 0.139. The second-order valence-corrected chi connectivity index (χ2v) is 6.48. The van der Waals surface area contributed by atoms with Crippen molar-refractivity contribution in [1.29, 1.82) is 0 Å². The van der Waals surface area contributed by atoms with E-state index in [0.717, 1.165) is 24.3 Å². The van der Waals surface area contributed by atoms with Crippen LogP contribution in [0.25, 0.3) is 0 Å². The number of nitrogens with zero attached hydrogens (tertiary/aromatic N) is 1. The molecular formula is C16H25N3O2. The van der Waals surface area contributed by atoms with Gasteiger partial charge in [0.25, 0.3) is 0 Å². The van der Waals surface area contributed by atoms with Gasteiger partial charge in [-0.3, -0.25) is 9.69 Å². The number of amides is 1. The van der Waals surface area contributed by atoms with Crippen LogP contribution in [0.4, 0.5) is 11.4 Å². The minimum atomic E-state index is -0.213. The van der Waals surface area contributed by atoms with Gasteiger partial charge in [0, 0.05) is 24.5 Å². The van der Waals surface area contributed by atoms with Crippen LogP contribution in [-0.2, 0) is 9.53 Å². The third kappa shape index (κ3) is 4.44. The quantitative estimate of drug-likeness (QED) is 0.836. The number of morpholine rings is 1. The minimum Gasteiger partial charge on any atom is -0.399 e. The number of anilines is 2. The van der Waals surface area contributed by atoms with Crippen molar-refractivity contribution in [2.75, 3.05) is 30.7 Å². The molecule has 1 saturated heterocycles. The first-order valence-electron chi connectivity index (χ1n) is 7.31. The summed E-state index contributed by atoms with van der Waals surface area (Å²) in [7, 11) is 0. The smallest absolute Gasteiger partial charge is 0.238 e. The molecule has 21 heavy (non-hydrogen) atoms. The molecule has 0 radical (unpaired) electrons. The molecule has 116 valence electrons. The normalized spacial score (nSPS) is 22.0. The van der Waals surface area contributed by atoms with Gasteiger partial charge in [-0.15, -0.1) is 0 Å². The Bertz CT molecular complexity index is 528. The lowest BCUT2D eigenvalue weighted by Gasteiger charge is -2.41. The lowest BCUT2D eigenvalue weighted by molar-refractivity contribution is -0.136. The molecule has 1 heterocycles. The van der Waals surface area contributed by atoms with Crippen molar-refractivity contribution >= 4 is 17.3 Å². The molecule has 1 aromatic carbocycles. The number of hydrogen-bond donors (Lipinski definition) is 2. The van der Waals surface area contributed by atoms with Gasteiger partial charge in [-0.2, -0.15) is 0 Å². The molecule has 1 amide bonds. The number of carbonyl (C=O) groups excluding carboxylic acids is 1. The molecule has 0 bridgehead atoms. The molecular weight excluding hydrogens is 266 g/mol. The van der Waals surface area contributed by atoms with E-state index in [-0.39, 0.29) is 17.6 Å². The number of nitrogens with one attached hydrogen (secondary N) is 1. The van der Waals surface area contributed by atoms with Crippen LogP contribution in [0.15, 0.2) is 18.2 Å². The molecule has 0 saturated carbocycles. The number of nitrogen functional groups attached to an aromatic ring is 1. The van der Waals surface area contributed by atoms with Crippen molar-refractivity contribution in [3.63, 3.8) is 0 Å². The van der Waals surface area contributed by atoms with Crippen molar-refractivity contribution in [3.05, 3.63) is 23.8 Å². The van der Waals surface area contributed by atoms with Gasteiger partial charge in [0.2, 0.25) is 5.91 Å². The Kier molecular flexibility index (Phi) is 4.54. The largest absolute Gasteiger partial charge is 0.399 e. The summed E-state index contributed by atoms with van der Waals surface area (Å²) in [6, 6.07) is 5.49. The molecule has 2 rings (SSSR count). The SMILES string of the molecule is Cc1cc(N)ccc1NC(=O)CN1CC(C)OC(C)(C)C1. The van der Waals surface area contributed by atoms with Gasteiger partial charge >= 0.3 is 0 Å². The Balaban J connectivity index is 1.95. The highest BCUT2D eigenvalue weighted by atomic mass is 16.5. The standard InChI is InChI=1S/C16H25N3O2/c1-11-7-13(17)5-6-14(11)18-15(20)9-19-8-12(2)21-16(3,4)10-19/h5-7,12H,8-10,17H2,1-4H3,(H,18,20). The summed E-state index contributed by atoms with van der Waals surface area (Å²) >= 11 is 0. The van der Waals surface area contributed by atoms with Gasteiger partial charge in [-0.1, -0.05) is 0 Å². The number of hydrogen-bond acceptors (Lipinski definition) is 4. The molecule has 1 unspecified atom stereocenters. The summed E-state index contributed by atoms with van der Waals surface area (Å²) in [5.41, 5.74) is 7.99. The van der Waals surface area contributed by atoms with Crippen LogP contribution in [0.2, 0.25) is 0 Å². The third-order valence-electron chi connectivity index (χ3n) is 3.53. The molecule has 1 aliphatic rings. The zero-order valence-electron chi connectivity index (χ0n) is 13.3. The first kappa shape index (κ1) is 15.8. The summed E-state index contributed by atoms with van der Waals surface area (Å²) in [6.45, 7) is 9.99. The fraction of sp³-hybridized carbons (Fsp3) is 0.562. The molecule has 0 aliphatic carbocycles. The Morgan fingerprint density at radius 3 is 2.86 bits per heavy atom. The molecule has 3 N–H and O–H groups in total. The molecule has 1 atom stereocenters. The maximum atomic E-state index is 12.2. The number of aryl methyl sites for hydroxylation is 1. The second kappa shape index (κ2) is 6.03. The molecule has 1 aliphatic heterocycles. The van der Waals surface area contributed by atoms with E-state index >= 15 is 0 Å². The van der Waals surface area contributed by atoms with Crippen molar-refractivity contribution < 1.29 is 9.53 Å². The van der Waals surface area contributed by atoms with E-state index in [2.05, 4.69) is 24.1 Å². The second-order valence-electron chi connectivity index (χ2n) is 6.48. The molecule has 5 nitrogen and oxygen atoms in total. The molecule has 1 fully saturated rings. The van der Waals surface area contributed by atoms with Crippen molar-refractivity contribution in [2.45, 2.75) is 39.4 Å². The van der Waals surface area contributed by atoms with Gasteiger partial charge in [0.15, 0.2) is 0 Å². The van der Waals surface area contributed by atoms with E-state index in [9.17, 15) is 4.79 Å². The molecule has 0 spiro atoms. The van der Waals surface area contributed by atoms with Crippen LogP contribution < -0.4 is 11.1 Å². The topological polar surface area (TPSA) is 67.6 Å². The first-order valence-corrected chi connectivity index (χ1v) is 7.31. The van der Waals surface area contributed by atoms with Crippen LogP contribution in [0.5, 0.6) is 0 Å². The van der Waals surface area contributed by atoms with Crippen LogP contribution in [0, 0.1) is 6.92 Å². The monoisotopic (exact) mass is 291 g/mol. The Labute approximate surface area is 126 Å². The summed E-state index contributed by atoms with van der Waals surface area (Å²) in [5, 5.41) is 2.95. The number of benzene rings is 1. The van der Waals surface area contributed by atoms with Crippen LogP contribution in [-0.4, -0.2) is 42.1 Å².